The van der Waals surface area contributed by atoms with E-state index in [0.717, 1.165) is 46.4 Å². The number of pyridine rings is 1. The van der Waals surface area contributed by atoms with Crippen LogP contribution in [-0.2, 0) is 13.2 Å². The van der Waals surface area contributed by atoms with Gasteiger partial charge in [0.1, 0.15) is 0 Å². The Kier molecular flexibility index (Phi) is 5.92. The monoisotopic (exact) mass is 415 g/mol. The second kappa shape index (κ2) is 8.26. The highest BCUT2D eigenvalue weighted by molar-refractivity contribution is 5.84. The van der Waals surface area contributed by atoms with Gasteiger partial charge in [-0.1, -0.05) is 30.4 Å². The van der Waals surface area contributed by atoms with Gasteiger partial charge in [-0.2, -0.15) is 13.2 Å². The van der Waals surface area contributed by atoms with Gasteiger partial charge in [0.15, 0.2) is 0 Å². The first-order valence-corrected chi connectivity index (χ1v) is 9.52. The Morgan fingerprint density at radius 1 is 1.13 bits per heavy atom. The number of nitrogens with zero attached hydrogens (tertiary/aromatic N) is 2. The fraction of sp³-hybridized carbons (Fsp3) is 0.261. The third kappa shape index (κ3) is 4.50. The molecule has 0 bridgehead atoms. The van der Waals surface area contributed by atoms with Gasteiger partial charge in [0, 0.05) is 32.9 Å². The summed E-state index contributed by atoms with van der Waals surface area (Å²) in [7, 11) is 5.02. The standard InChI is InChI=1S/C23H24F3N3O/c1-28(2)21(27)12-17-7-4-5-10-19(17)15-8-6-9-16(11-15)20-13-18(23(24,25)26)14-29(3)22(20)30/h6-14H,4-5,27H2,1-3H3/b21-12+. The molecule has 158 valence electrons. The SMILES string of the molecule is CN(C)/C(N)=C/C1=CCCC=C1c1cccc(-c2cc(C(F)(F)F)cn(C)c2=O)c1. The van der Waals surface area contributed by atoms with Gasteiger partial charge in [-0.3, -0.25) is 4.79 Å². The fourth-order valence-corrected chi connectivity index (χ4v) is 3.33. The highest BCUT2D eigenvalue weighted by Crippen LogP contribution is 2.34. The lowest BCUT2D eigenvalue weighted by Crippen LogP contribution is -2.21. The molecule has 1 aliphatic carbocycles. The predicted octanol–water partition coefficient (Wildman–Crippen LogP) is 4.54. The molecule has 1 heterocycles. The third-order valence-electron chi connectivity index (χ3n) is 5.01. The number of alkyl halides is 3. The minimum Gasteiger partial charge on any atom is -0.385 e. The highest BCUT2D eigenvalue weighted by Gasteiger charge is 2.32. The summed E-state index contributed by atoms with van der Waals surface area (Å²) in [5.74, 6) is 0.594. The zero-order valence-electron chi connectivity index (χ0n) is 17.1. The minimum atomic E-state index is -4.53. The lowest BCUT2D eigenvalue weighted by molar-refractivity contribution is -0.138. The largest absolute Gasteiger partial charge is 0.417 e. The Morgan fingerprint density at radius 3 is 2.47 bits per heavy atom. The van der Waals surface area contributed by atoms with Crippen molar-refractivity contribution in [2.45, 2.75) is 19.0 Å². The van der Waals surface area contributed by atoms with Gasteiger partial charge in [0.2, 0.25) is 0 Å². The van der Waals surface area contributed by atoms with Crippen LogP contribution < -0.4 is 11.3 Å². The van der Waals surface area contributed by atoms with Crippen molar-refractivity contribution in [1.82, 2.24) is 9.47 Å². The van der Waals surface area contributed by atoms with Crippen molar-refractivity contribution in [1.29, 1.82) is 0 Å². The second-order valence-electron chi connectivity index (χ2n) is 7.46. The molecule has 0 atom stereocenters. The van der Waals surface area contributed by atoms with Crippen molar-refractivity contribution >= 4 is 5.57 Å². The number of hydrogen-bond donors (Lipinski definition) is 1. The molecule has 0 saturated heterocycles. The smallest absolute Gasteiger partial charge is 0.385 e. The van der Waals surface area contributed by atoms with Crippen molar-refractivity contribution in [2.75, 3.05) is 14.1 Å². The van der Waals surface area contributed by atoms with Gasteiger partial charge in [-0.15, -0.1) is 0 Å². The maximum Gasteiger partial charge on any atom is 0.417 e. The Morgan fingerprint density at radius 2 is 1.80 bits per heavy atom. The van der Waals surface area contributed by atoms with Crippen molar-refractivity contribution < 1.29 is 13.2 Å². The zero-order valence-corrected chi connectivity index (χ0v) is 17.1. The Labute approximate surface area is 173 Å². The summed E-state index contributed by atoms with van der Waals surface area (Å²) in [5, 5.41) is 0. The van der Waals surface area contributed by atoms with E-state index in [0.29, 0.717) is 11.4 Å². The molecule has 0 fully saturated rings. The van der Waals surface area contributed by atoms with E-state index in [2.05, 4.69) is 12.2 Å². The molecular formula is C23H24F3N3O. The van der Waals surface area contributed by atoms with Crippen LogP contribution in [0.3, 0.4) is 0 Å². The lowest BCUT2D eigenvalue weighted by atomic mass is 9.90. The summed E-state index contributed by atoms with van der Waals surface area (Å²) < 4.78 is 40.7. The molecule has 2 N–H and O–H groups in total. The van der Waals surface area contributed by atoms with Gasteiger partial charge in [-0.25, -0.2) is 0 Å². The Bertz CT molecular complexity index is 1110. The zero-order chi connectivity index (χ0) is 22.1. The average molecular weight is 415 g/mol. The van der Waals surface area contributed by atoms with E-state index in [1.54, 1.807) is 23.1 Å². The topological polar surface area (TPSA) is 51.3 Å². The van der Waals surface area contributed by atoms with Gasteiger partial charge in [0.05, 0.1) is 11.4 Å². The summed E-state index contributed by atoms with van der Waals surface area (Å²) >= 11 is 0. The number of allylic oxidation sites excluding steroid dienone is 5. The molecule has 0 saturated carbocycles. The van der Waals surface area contributed by atoms with E-state index in [4.69, 9.17) is 5.73 Å². The molecule has 0 amide bonds. The predicted molar refractivity (Wildman–Crippen MR) is 113 cm³/mol. The van der Waals surface area contributed by atoms with Crippen molar-refractivity contribution in [3.8, 4) is 11.1 Å². The first-order valence-electron chi connectivity index (χ1n) is 9.52. The molecule has 30 heavy (non-hydrogen) atoms. The van der Waals surface area contributed by atoms with E-state index in [1.807, 2.05) is 26.2 Å². The fourth-order valence-electron chi connectivity index (χ4n) is 3.33. The Hall–Kier alpha value is -3.22. The van der Waals surface area contributed by atoms with Gasteiger partial charge >= 0.3 is 6.18 Å². The molecule has 1 aromatic carbocycles. The molecule has 4 nitrogen and oxygen atoms in total. The first kappa shape index (κ1) is 21.5. The number of rotatable bonds is 4. The second-order valence-corrected chi connectivity index (χ2v) is 7.46. The molecular weight excluding hydrogens is 391 g/mol. The summed E-state index contributed by atoms with van der Waals surface area (Å²) in [6, 6.07) is 7.94. The van der Waals surface area contributed by atoms with Crippen LogP contribution in [-0.4, -0.2) is 23.6 Å². The maximum atomic E-state index is 13.2. The molecule has 3 rings (SSSR count). The number of aryl methyl sites for hydroxylation is 1. The van der Waals surface area contributed by atoms with E-state index >= 15 is 0 Å². The minimum absolute atomic E-state index is 0.0134. The Balaban J connectivity index is 2.09. The quantitative estimate of drug-likeness (QED) is 0.798. The summed E-state index contributed by atoms with van der Waals surface area (Å²) in [6.07, 6.45) is 4.05. The summed E-state index contributed by atoms with van der Waals surface area (Å²) in [6.45, 7) is 0. The maximum absolute atomic E-state index is 13.2. The first-order chi connectivity index (χ1) is 14.1. The van der Waals surface area contributed by atoms with E-state index < -0.39 is 17.3 Å². The molecule has 0 aliphatic heterocycles. The normalized spacial score (nSPS) is 14.9. The summed E-state index contributed by atoms with van der Waals surface area (Å²) in [5.41, 5.74) is 7.89. The molecule has 1 aromatic heterocycles. The van der Waals surface area contributed by atoms with Gasteiger partial charge < -0.3 is 15.2 Å². The van der Waals surface area contributed by atoms with Gasteiger partial charge in [0.25, 0.3) is 5.56 Å². The van der Waals surface area contributed by atoms with Gasteiger partial charge in [-0.05, 0) is 53.3 Å². The van der Waals surface area contributed by atoms with E-state index in [9.17, 15) is 18.0 Å². The van der Waals surface area contributed by atoms with Crippen LogP contribution in [0.15, 0.2) is 70.9 Å². The van der Waals surface area contributed by atoms with E-state index in [1.165, 1.54) is 7.05 Å². The van der Waals surface area contributed by atoms with Crippen LogP contribution in [0.5, 0.6) is 0 Å². The number of aromatic nitrogens is 1. The summed E-state index contributed by atoms with van der Waals surface area (Å²) in [4.78, 5) is 14.4. The van der Waals surface area contributed by atoms with Crippen LogP contribution >= 0.6 is 0 Å². The molecule has 0 unspecified atom stereocenters. The van der Waals surface area contributed by atoms with Crippen LogP contribution in [0.2, 0.25) is 0 Å². The molecule has 2 aromatic rings. The van der Waals surface area contributed by atoms with Crippen LogP contribution in [0, 0.1) is 0 Å². The molecule has 7 heteroatoms. The van der Waals surface area contributed by atoms with Crippen molar-refractivity contribution in [3.63, 3.8) is 0 Å². The average Bonchev–Trinajstić information content (AvgIpc) is 2.69. The lowest BCUT2D eigenvalue weighted by Gasteiger charge is -2.18. The van der Waals surface area contributed by atoms with Crippen LogP contribution in [0.25, 0.3) is 16.7 Å². The molecule has 0 radical (unpaired) electrons. The van der Waals surface area contributed by atoms with Crippen molar-refractivity contribution in [2.24, 2.45) is 12.8 Å². The van der Waals surface area contributed by atoms with E-state index in [-0.39, 0.29) is 5.56 Å². The third-order valence-corrected chi connectivity index (χ3v) is 5.01. The highest BCUT2D eigenvalue weighted by atomic mass is 19.4. The number of hydrogen-bond acceptors (Lipinski definition) is 3. The van der Waals surface area contributed by atoms with Crippen molar-refractivity contribution in [3.05, 3.63) is 87.6 Å². The number of halogens is 3. The van der Waals surface area contributed by atoms with Crippen LogP contribution in [0.4, 0.5) is 13.2 Å². The van der Waals surface area contributed by atoms with Crippen LogP contribution in [0.1, 0.15) is 24.0 Å². The molecule has 1 aliphatic rings. The number of benzene rings is 1. The molecule has 0 spiro atoms. The number of nitrogens with two attached hydrogens (primary N) is 1.